The van der Waals surface area contributed by atoms with E-state index in [0.29, 0.717) is 0 Å². The van der Waals surface area contributed by atoms with Crippen LogP contribution in [0.25, 0.3) is 0 Å². The molecule has 4 N–H and O–H groups in total. The van der Waals surface area contributed by atoms with Gasteiger partial charge in [-0.05, 0) is 19.8 Å². The van der Waals surface area contributed by atoms with Crippen LogP contribution < -0.4 is 10.6 Å². The van der Waals surface area contributed by atoms with Crippen molar-refractivity contribution in [2.75, 3.05) is 6.54 Å². The van der Waals surface area contributed by atoms with Gasteiger partial charge in [-0.3, -0.25) is 4.79 Å². The van der Waals surface area contributed by atoms with Gasteiger partial charge >= 0.3 is 12.0 Å². The highest BCUT2D eigenvalue weighted by molar-refractivity contribution is 5.74. The number of urea groups is 1. The minimum atomic E-state index is -1.42. The highest BCUT2D eigenvalue weighted by Gasteiger charge is 2.25. The van der Waals surface area contributed by atoms with Crippen molar-refractivity contribution in [3.63, 3.8) is 0 Å². The molecule has 0 saturated heterocycles. The molecule has 1 saturated carbocycles. The molecule has 1 unspecified atom stereocenters. The van der Waals surface area contributed by atoms with E-state index < -0.39 is 18.0 Å². The lowest BCUT2D eigenvalue weighted by Crippen LogP contribution is -2.47. The average Bonchev–Trinajstić information content (AvgIpc) is 2.65. The van der Waals surface area contributed by atoms with Gasteiger partial charge in [0.1, 0.15) is 0 Å². The van der Waals surface area contributed by atoms with E-state index in [0.717, 1.165) is 25.7 Å². The maximum Gasteiger partial charge on any atom is 0.315 e. The van der Waals surface area contributed by atoms with Crippen LogP contribution in [0, 0.1) is 0 Å². The number of hydrogen-bond donors (Lipinski definition) is 4. The summed E-state index contributed by atoms with van der Waals surface area (Å²) in [6.45, 7) is 1.31. The maximum absolute atomic E-state index is 11.5. The summed E-state index contributed by atoms with van der Waals surface area (Å²) in [6.07, 6.45) is 3.83. The molecule has 0 aliphatic heterocycles. The third-order valence-electron chi connectivity index (χ3n) is 2.85. The van der Waals surface area contributed by atoms with E-state index in [4.69, 9.17) is 5.11 Å². The van der Waals surface area contributed by atoms with Gasteiger partial charge in [-0.15, -0.1) is 0 Å². The monoisotopic (exact) mass is 244 g/mol. The molecular weight excluding hydrogens is 224 g/mol. The third kappa shape index (κ3) is 5.53. The molecule has 6 nitrogen and oxygen atoms in total. The van der Waals surface area contributed by atoms with Gasteiger partial charge in [-0.2, -0.15) is 0 Å². The standard InChI is InChI=1S/C11H20N2O4/c1-11(17,6-9(14)15)7-12-10(16)13-8-4-2-3-5-8/h8,17H,2-7H2,1H3,(H,14,15)(H2,12,13,16). The number of rotatable bonds is 5. The number of carbonyl (C=O) groups is 2. The number of aliphatic hydroxyl groups is 1. The van der Waals surface area contributed by atoms with Crippen LogP contribution in [0.3, 0.4) is 0 Å². The zero-order chi connectivity index (χ0) is 12.9. The average molecular weight is 244 g/mol. The van der Waals surface area contributed by atoms with Crippen LogP contribution in [0.1, 0.15) is 39.0 Å². The summed E-state index contributed by atoms with van der Waals surface area (Å²) in [5, 5.41) is 23.5. The molecule has 0 spiro atoms. The summed E-state index contributed by atoms with van der Waals surface area (Å²) in [4.78, 5) is 21.9. The molecule has 1 aliphatic rings. The lowest BCUT2D eigenvalue weighted by Gasteiger charge is -2.22. The van der Waals surface area contributed by atoms with Crippen molar-refractivity contribution in [3.8, 4) is 0 Å². The largest absolute Gasteiger partial charge is 0.481 e. The van der Waals surface area contributed by atoms with E-state index in [1.165, 1.54) is 6.92 Å². The van der Waals surface area contributed by atoms with Crippen LogP contribution >= 0.6 is 0 Å². The molecule has 17 heavy (non-hydrogen) atoms. The third-order valence-corrected chi connectivity index (χ3v) is 2.85. The summed E-state index contributed by atoms with van der Waals surface area (Å²) in [5.74, 6) is -1.09. The quantitative estimate of drug-likeness (QED) is 0.564. The maximum atomic E-state index is 11.5. The fraction of sp³-hybridized carbons (Fsp3) is 0.818. The first-order chi connectivity index (χ1) is 7.89. The number of amides is 2. The zero-order valence-electron chi connectivity index (χ0n) is 10.0. The van der Waals surface area contributed by atoms with Crippen LogP contribution in [-0.4, -0.2) is 40.4 Å². The molecule has 1 rings (SSSR count). The Balaban J connectivity index is 2.24. The molecule has 0 aromatic heterocycles. The van der Waals surface area contributed by atoms with Gasteiger partial charge in [-0.25, -0.2) is 4.79 Å². The summed E-state index contributed by atoms with van der Waals surface area (Å²) >= 11 is 0. The van der Waals surface area contributed by atoms with Gasteiger partial charge in [0, 0.05) is 12.6 Å². The molecule has 6 heteroatoms. The number of aliphatic carboxylic acids is 1. The minimum absolute atomic E-state index is 0.0716. The van der Waals surface area contributed by atoms with E-state index in [9.17, 15) is 14.7 Å². The number of hydrogen-bond acceptors (Lipinski definition) is 3. The molecule has 0 heterocycles. The Hall–Kier alpha value is -1.30. The van der Waals surface area contributed by atoms with Crippen molar-refractivity contribution < 1.29 is 19.8 Å². The number of nitrogens with one attached hydrogen (secondary N) is 2. The van der Waals surface area contributed by atoms with E-state index in [1.807, 2.05) is 0 Å². The summed E-state index contributed by atoms with van der Waals surface area (Å²) in [7, 11) is 0. The Morgan fingerprint density at radius 3 is 2.47 bits per heavy atom. The number of carbonyl (C=O) groups excluding carboxylic acids is 1. The highest BCUT2D eigenvalue weighted by atomic mass is 16.4. The van der Waals surface area contributed by atoms with Crippen LogP contribution in [0.15, 0.2) is 0 Å². The predicted octanol–water partition coefficient (Wildman–Crippen LogP) is 0.454. The predicted molar refractivity (Wildman–Crippen MR) is 61.7 cm³/mol. The van der Waals surface area contributed by atoms with Gasteiger partial charge in [0.15, 0.2) is 0 Å². The molecule has 0 aromatic rings. The lowest BCUT2D eigenvalue weighted by atomic mass is 10.0. The van der Waals surface area contributed by atoms with Crippen molar-refractivity contribution in [3.05, 3.63) is 0 Å². The molecule has 1 atom stereocenters. The van der Waals surface area contributed by atoms with E-state index in [2.05, 4.69) is 10.6 Å². The Morgan fingerprint density at radius 2 is 1.94 bits per heavy atom. The molecule has 0 radical (unpaired) electrons. The van der Waals surface area contributed by atoms with Gasteiger partial charge < -0.3 is 20.8 Å². The molecule has 0 bridgehead atoms. The smallest absolute Gasteiger partial charge is 0.315 e. The van der Waals surface area contributed by atoms with E-state index >= 15 is 0 Å². The van der Waals surface area contributed by atoms with Crippen LogP contribution in [-0.2, 0) is 4.79 Å². The Bertz CT molecular complexity index is 285. The molecule has 98 valence electrons. The molecule has 2 amide bonds. The Kier molecular flexibility index (Phi) is 4.74. The van der Waals surface area contributed by atoms with Crippen molar-refractivity contribution in [2.24, 2.45) is 0 Å². The van der Waals surface area contributed by atoms with Gasteiger partial charge in [-0.1, -0.05) is 12.8 Å². The lowest BCUT2D eigenvalue weighted by molar-refractivity contribution is -0.141. The van der Waals surface area contributed by atoms with Crippen molar-refractivity contribution >= 4 is 12.0 Å². The number of carboxylic acids is 1. The first-order valence-corrected chi connectivity index (χ1v) is 5.87. The minimum Gasteiger partial charge on any atom is -0.481 e. The first kappa shape index (κ1) is 13.8. The first-order valence-electron chi connectivity index (χ1n) is 5.87. The Morgan fingerprint density at radius 1 is 1.35 bits per heavy atom. The van der Waals surface area contributed by atoms with Crippen molar-refractivity contribution in [2.45, 2.75) is 50.7 Å². The second-order valence-corrected chi connectivity index (χ2v) is 4.88. The second kappa shape index (κ2) is 5.86. The normalized spacial score (nSPS) is 19.6. The van der Waals surface area contributed by atoms with Crippen LogP contribution in [0.5, 0.6) is 0 Å². The van der Waals surface area contributed by atoms with Crippen molar-refractivity contribution in [1.82, 2.24) is 10.6 Å². The second-order valence-electron chi connectivity index (χ2n) is 4.88. The van der Waals surface area contributed by atoms with E-state index in [-0.39, 0.29) is 18.6 Å². The highest BCUT2D eigenvalue weighted by Crippen LogP contribution is 2.17. The number of carboxylic acid groups (broad SMARTS) is 1. The summed E-state index contributed by atoms with van der Waals surface area (Å²) in [6, 6.07) is -0.137. The summed E-state index contributed by atoms with van der Waals surface area (Å²) in [5.41, 5.74) is -1.42. The molecule has 1 aliphatic carbocycles. The summed E-state index contributed by atoms with van der Waals surface area (Å²) < 4.78 is 0. The van der Waals surface area contributed by atoms with Crippen LogP contribution in [0.4, 0.5) is 4.79 Å². The van der Waals surface area contributed by atoms with Gasteiger partial charge in [0.25, 0.3) is 0 Å². The van der Waals surface area contributed by atoms with Gasteiger partial charge in [0.05, 0.1) is 12.0 Å². The van der Waals surface area contributed by atoms with Gasteiger partial charge in [0.2, 0.25) is 0 Å². The topological polar surface area (TPSA) is 98.7 Å². The van der Waals surface area contributed by atoms with Crippen LogP contribution in [0.2, 0.25) is 0 Å². The molecular formula is C11H20N2O4. The SMILES string of the molecule is CC(O)(CNC(=O)NC1CCCC1)CC(=O)O. The molecule has 1 fully saturated rings. The fourth-order valence-electron chi connectivity index (χ4n) is 1.97. The van der Waals surface area contributed by atoms with Crippen molar-refractivity contribution in [1.29, 1.82) is 0 Å². The zero-order valence-corrected chi connectivity index (χ0v) is 10.0. The van der Waals surface area contributed by atoms with E-state index in [1.54, 1.807) is 0 Å². The Labute approximate surface area is 100 Å². The fourth-order valence-corrected chi connectivity index (χ4v) is 1.97. The molecule has 0 aromatic carbocycles.